The van der Waals surface area contributed by atoms with Crippen molar-refractivity contribution in [2.45, 2.75) is 43.6 Å². The Morgan fingerprint density at radius 2 is 1.84 bits per heavy atom. The van der Waals surface area contributed by atoms with Gasteiger partial charge in [0.2, 0.25) is 0 Å². The van der Waals surface area contributed by atoms with Crippen LogP contribution in [0.1, 0.15) is 43.6 Å². The third-order valence-corrected chi connectivity index (χ3v) is 4.29. The fourth-order valence-corrected chi connectivity index (χ4v) is 3.17. The molecular weight excluding hydrogens is 238 g/mol. The molecule has 0 radical (unpaired) electrons. The zero-order valence-electron chi connectivity index (χ0n) is 12.0. The molecule has 1 aliphatic rings. The molecule has 3 nitrogen and oxygen atoms in total. The molecule has 1 atom stereocenters. The summed E-state index contributed by atoms with van der Waals surface area (Å²) >= 11 is 0. The van der Waals surface area contributed by atoms with Crippen molar-refractivity contribution in [2.75, 3.05) is 20.7 Å². The second-order valence-electron chi connectivity index (χ2n) is 5.55. The monoisotopic (exact) mass is 263 g/mol. The van der Waals surface area contributed by atoms with Crippen LogP contribution < -0.4 is 10.1 Å². The minimum atomic E-state index is -0.560. The normalized spacial score (nSPS) is 19.9. The zero-order chi connectivity index (χ0) is 13.7. The Morgan fingerprint density at radius 1 is 1.21 bits per heavy atom. The van der Waals surface area contributed by atoms with Crippen LogP contribution in [0.2, 0.25) is 0 Å². The first-order chi connectivity index (χ1) is 9.19. The third-order valence-electron chi connectivity index (χ3n) is 4.29. The second-order valence-corrected chi connectivity index (χ2v) is 5.55. The molecule has 0 bridgehead atoms. The average molecular weight is 263 g/mol. The molecule has 1 saturated carbocycles. The summed E-state index contributed by atoms with van der Waals surface area (Å²) in [5, 5.41) is 14.2. The van der Waals surface area contributed by atoms with Crippen LogP contribution >= 0.6 is 0 Å². The van der Waals surface area contributed by atoms with Gasteiger partial charge in [0.05, 0.1) is 12.7 Å². The second kappa shape index (κ2) is 6.40. The fourth-order valence-electron chi connectivity index (χ4n) is 3.17. The van der Waals surface area contributed by atoms with Crippen molar-refractivity contribution in [1.82, 2.24) is 5.32 Å². The first-order valence-electron chi connectivity index (χ1n) is 7.20. The summed E-state index contributed by atoms with van der Waals surface area (Å²) in [7, 11) is 3.62. The van der Waals surface area contributed by atoms with Gasteiger partial charge in [-0.05, 0) is 37.6 Å². The smallest absolute Gasteiger partial charge is 0.118 e. The van der Waals surface area contributed by atoms with Gasteiger partial charge in [0, 0.05) is 12.5 Å². The van der Waals surface area contributed by atoms with Gasteiger partial charge in [0.25, 0.3) is 0 Å². The first kappa shape index (κ1) is 14.4. The van der Waals surface area contributed by atoms with Crippen molar-refractivity contribution in [3.05, 3.63) is 29.8 Å². The number of hydrogen-bond acceptors (Lipinski definition) is 3. The highest BCUT2D eigenvalue weighted by Crippen LogP contribution is 2.39. The van der Waals surface area contributed by atoms with E-state index in [0.717, 1.165) is 38.0 Å². The van der Waals surface area contributed by atoms with Gasteiger partial charge in [-0.25, -0.2) is 0 Å². The highest BCUT2D eigenvalue weighted by atomic mass is 16.5. The van der Waals surface area contributed by atoms with Crippen LogP contribution in [-0.4, -0.2) is 31.4 Å². The highest BCUT2D eigenvalue weighted by molar-refractivity contribution is 5.31. The number of nitrogens with one attached hydrogen (secondary N) is 1. The van der Waals surface area contributed by atoms with Gasteiger partial charge >= 0.3 is 0 Å². The summed E-state index contributed by atoms with van der Waals surface area (Å²) < 4.78 is 5.20. The number of rotatable bonds is 5. The Balaban J connectivity index is 2.22. The van der Waals surface area contributed by atoms with E-state index in [9.17, 15) is 5.11 Å². The van der Waals surface area contributed by atoms with Crippen LogP contribution in [0.15, 0.2) is 24.3 Å². The van der Waals surface area contributed by atoms with E-state index in [2.05, 4.69) is 17.4 Å². The highest BCUT2D eigenvalue weighted by Gasteiger charge is 2.38. The molecule has 1 fully saturated rings. The van der Waals surface area contributed by atoms with Crippen LogP contribution in [0.4, 0.5) is 0 Å². The van der Waals surface area contributed by atoms with Gasteiger partial charge < -0.3 is 15.2 Å². The van der Waals surface area contributed by atoms with Gasteiger partial charge in [0.15, 0.2) is 0 Å². The molecule has 0 aliphatic heterocycles. The Hall–Kier alpha value is -1.06. The number of benzene rings is 1. The molecule has 0 heterocycles. The lowest BCUT2D eigenvalue weighted by molar-refractivity contribution is -0.0211. The molecule has 1 aromatic rings. The van der Waals surface area contributed by atoms with Crippen LogP contribution in [0.5, 0.6) is 5.75 Å². The Kier molecular flexibility index (Phi) is 4.83. The van der Waals surface area contributed by atoms with E-state index >= 15 is 0 Å². The Morgan fingerprint density at radius 3 is 2.37 bits per heavy atom. The number of aliphatic hydroxyl groups is 1. The average Bonchev–Trinajstić information content (AvgIpc) is 2.45. The van der Waals surface area contributed by atoms with Crippen molar-refractivity contribution in [3.8, 4) is 5.75 Å². The summed E-state index contributed by atoms with van der Waals surface area (Å²) in [6.07, 6.45) is 5.33. The lowest BCUT2D eigenvalue weighted by atomic mass is 9.73. The predicted molar refractivity (Wildman–Crippen MR) is 77.7 cm³/mol. The minimum absolute atomic E-state index is 0.156. The number of ether oxygens (including phenoxy) is 1. The summed E-state index contributed by atoms with van der Waals surface area (Å²) in [5.41, 5.74) is 0.634. The quantitative estimate of drug-likeness (QED) is 0.858. The fraction of sp³-hybridized carbons (Fsp3) is 0.625. The van der Waals surface area contributed by atoms with Crippen LogP contribution in [0.25, 0.3) is 0 Å². The molecule has 1 aromatic carbocycles. The van der Waals surface area contributed by atoms with E-state index < -0.39 is 5.60 Å². The van der Waals surface area contributed by atoms with Crippen LogP contribution in [-0.2, 0) is 0 Å². The van der Waals surface area contributed by atoms with E-state index in [1.807, 2.05) is 19.2 Å². The van der Waals surface area contributed by atoms with Crippen LogP contribution in [0.3, 0.4) is 0 Å². The van der Waals surface area contributed by atoms with Gasteiger partial charge in [0.1, 0.15) is 5.75 Å². The largest absolute Gasteiger partial charge is 0.497 e. The third kappa shape index (κ3) is 3.28. The molecule has 0 amide bonds. The summed E-state index contributed by atoms with van der Waals surface area (Å²) in [5.74, 6) is 1.02. The number of likely N-dealkylation sites (N-methyl/N-ethyl adjacent to an activating group) is 1. The van der Waals surface area contributed by atoms with Crippen molar-refractivity contribution < 1.29 is 9.84 Å². The van der Waals surface area contributed by atoms with Crippen molar-refractivity contribution in [1.29, 1.82) is 0 Å². The van der Waals surface area contributed by atoms with Gasteiger partial charge in [-0.15, -0.1) is 0 Å². The molecule has 1 aliphatic carbocycles. The van der Waals surface area contributed by atoms with Gasteiger partial charge in [-0.2, -0.15) is 0 Å². The molecule has 0 spiro atoms. The molecule has 3 heteroatoms. The molecule has 0 saturated heterocycles. The SMILES string of the molecule is CNC[C@H](c1ccc(OC)cc1)C1(O)CCCCC1. The standard InChI is InChI=1S/C16H25NO2/c1-17-12-15(16(18)10-4-3-5-11-16)13-6-8-14(19-2)9-7-13/h6-9,15,17-18H,3-5,10-12H2,1-2H3/t15-/m1/s1. The number of hydrogen-bond donors (Lipinski definition) is 2. The molecular formula is C16H25NO2. The van der Waals surface area contributed by atoms with Crippen LogP contribution in [0, 0.1) is 0 Å². The Labute approximate surface area is 116 Å². The molecule has 106 valence electrons. The van der Waals surface area contributed by atoms with Crippen molar-refractivity contribution >= 4 is 0 Å². The molecule has 19 heavy (non-hydrogen) atoms. The predicted octanol–water partition coefficient (Wildman–Crippen LogP) is 2.69. The Bertz CT molecular complexity index is 382. The first-order valence-corrected chi connectivity index (χ1v) is 7.20. The maximum Gasteiger partial charge on any atom is 0.118 e. The maximum atomic E-state index is 11.0. The molecule has 2 rings (SSSR count). The summed E-state index contributed by atoms with van der Waals surface area (Å²) in [6.45, 7) is 0.808. The van der Waals surface area contributed by atoms with Crippen molar-refractivity contribution in [2.24, 2.45) is 0 Å². The zero-order valence-corrected chi connectivity index (χ0v) is 12.0. The molecule has 0 aromatic heterocycles. The maximum absolute atomic E-state index is 11.0. The summed E-state index contributed by atoms with van der Waals surface area (Å²) in [4.78, 5) is 0. The lowest BCUT2D eigenvalue weighted by Gasteiger charge is -2.39. The van der Waals surface area contributed by atoms with E-state index in [1.165, 1.54) is 12.0 Å². The van der Waals surface area contributed by atoms with Gasteiger partial charge in [-0.3, -0.25) is 0 Å². The molecule has 2 N–H and O–H groups in total. The minimum Gasteiger partial charge on any atom is -0.497 e. The van der Waals surface area contributed by atoms with E-state index in [0.29, 0.717) is 0 Å². The van der Waals surface area contributed by atoms with E-state index in [-0.39, 0.29) is 5.92 Å². The summed E-state index contributed by atoms with van der Waals surface area (Å²) in [6, 6.07) is 8.11. The lowest BCUT2D eigenvalue weighted by Crippen LogP contribution is -2.42. The molecule has 0 unspecified atom stereocenters. The van der Waals surface area contributed by atoms with Crippen molar-refractivity contribution in [3.63, 3.8) is 0 Å². The van der Waals surface area contributed by atoms with E-state index in [1.54, 1.807) is 7.11 Å². The number of methoxy groups -OCH3 is 1. The topological polar surface area (TPSA) is 41.5 Å². The van der Waals surface area contributed by atoms with Gasteiger partial charge in [-0.1, -0.05) is 31.4 Å². The van der Waals surface area contributed by atoms with E-state index in [4.69, 9.17) is 4.74 Å².